The van der Waals surface area contributed by atoms with Crippen molar-refractivity contribution in [3.05, 3.63) is 11.7 Å². The van der Waals surface area contributed by atoms with Crippen LogP contribution >= 0.6 is 11.8 Å². The van der Waals surface area contributed by atoms with E-state index in [2.05, 4.69) is 15.0 Å². The number of thioether (sulfide) groups is 1. The highest BCUT2D eigenvalue weighted by molar-refractivity contribution is 7.97. The zero-order valence-electron chi connectivity index (χ0n) is 10.8. The van der Waals surface area contributed by atoms with Crippen LogP contribution in [0.5, 0.6) is 0 Å². The highest BCUT2D eigenvalue weighted by atomic mass is 32.2. The van der Waals surface area contributed by atoms with E-state index in [9.17, 15) is 0 Å². The van der Waals surface area contributed by atoms with Crippen molar-refractivity contribution >= 4 is 11.8 Å². The van der Waals surface area contributed by atoms with Crippen LogP contribution in [-0.4, -0.2) is 60.8 Å². The van der Waals surface area contributed by atoms with E-state index in [1.165, 1.54) is 0 Å². The molecule has 1 saturated heterocycles. The Labute approximate surface area is 111 Å². The standard InChI is InChI=1S/C11H19N3O3S/c1-14(5-9-7-15-3-4-16-9)6-11-12-10(8-18-2)13-17-11/h9H,3-8H2,1-2H3/t9-/m0/s1. The van der Waals surface area contributed by atoms with Gasteiger partial charge in [0.25, 0.3) is 0 Å². The molecule has 1 fully saturated rings. The molecule has 0 amide bonds. The molecule has 7 heteroatoms. The fraction of sp³-hybridized carbons (Fsp3) is 0.818. The van der Waals surface area contributed by atoms with Crippen molar-refractivity contribution in [1.29, 1.82) is 0 Å². The Kier molecular flexibility index (Phi) is 5.43. The molecular formula is C11H19N3O3S. The second-order valence-electron chi connectivity index (χ2n) is 4.30. The maximum absolute atomic E-state index is 5.59. The van der Waals surface area contributed by atoms with Crippen molar-refractivity contribution in [2.75, 3.05) is 39.7 Å². The first kappa shape index (κ1) is 13.8. The molecule has 1 aliphatic heterocycles. The molecule has 0 N–H and O–H groups in total. The Bertz CT molecular complexity index is 355. The minimum atomic E-state index is 0.136. The van der Waals surface area contributed by atoms with Gasteiger partial charge in [0.05, 0.1) is 38.2 Å². The largest absolute Gasteiger partial charge is 0.376 e. The van der Waals surface area contributed by atoms with Gasteiger partial charge < -0.3 is 14.0 Å². The van der Waals surface area contributed by atoms with Crippen molar-refractivity contribution in [3.8, 4) is 0 Å². The Morgan fingerprint density at radius 1 is 1.44 bits per heavy atom. The Balaban J connectivity index is 1.76. The fourth-order valence-electron chi connectivity index (χ4n) is 1.83. The van der Waals surface area contributed by atoms with Gasteiger partial charge in [-0.15, -0.1) is 0 Å². The zero-order valence-corrected chi connectivity index (χ0v) is 11.6. The first-order chi connectivity index (χ1) is 8.78. The van der Waals surface area contributed by atoms with Crippen LogP contribution in [0.4, 0.5) is 0 Å². The van der Waals surface area contributed by atoms with Crippen molar-refractivity contribution in [2.45, 2.75) is 18.4 Å². The molecule has 1 aromatic rings. The van der Waals surface area contributed by atoms with Crippen molar-refractivity contribution in [1.82, 2.24) is 15.0 Å². The van der Waals surface area contributed by atoms with E-state index in [1.807, 2.05) is 13.3 Å². The average Bonchev–Trinajstić information content (AvgIpc) is 2.78. The van der Waals surface area contributed by atoms with Gasteiger partial charge in [0.2, 0.25) is 5.89 Å². The molecule has 0 saturated carbocycles. The van der Waals surface area contributed by atoms with Crippen LogP contribution in [0.25, 0.3) is 0 Å². The molecule has 102 valence electrons. The molecule has 0 aliphatic carbocycles. The molecular weight excluding hydrogens is 254 g/mol. The number of rotatable bonds is 6. The highest BCUT2D eigenvalue weighted by Crippen LogP contribution is 2.08. The number of hydrogen-bond acceptors (Lipinski definition) is 7. The summed E-state index contributed by atoms with van der Waals surface area (Å²) in [6.07, 6.45) is 2.15. The summed E-state index contributed by atoms with van der Waals surface area (Å²) < 4.78 is 16.1. The molecule has 0 spiro atoms. The third-order valence-electron chi connectivity index (χ3n) is 2.59. The van der Waals surface area contributed by atoms with Gasteiger partial charge in [-0.2, -0.15) is 16.7 Å². The highest BCUT2D eigenvalue weighted by Gasteiger charge is 2.17. The van der Waals surface area contributed by atoms with Gasteiger partial charge in [-0.05, 0) is 13.3 Å². The van der Waals surface area contributed by atoms with Crippen LogP contribution < -0.4 is 0 Å². The van der Waals surface area contributed by atoms with Gasteiger partial charge in [0.15, 0.2) is 5.82 Å². The molecule has 18 heavy (non-hydrogen) atoms. The summed E-state index contributed by atoms with van der Waals surface area (Å²) in [7, 11) is 2.01. The second-order valence-corrected chi connectivity index (χ2v) is 5.17. The second kappa shape index (κ2) is 7.08. The van der Waals surface area contributed by atoms with Crippen molar-refractivity contribution in [2.24, 2.45) is 0 Å². The van der Waals surface area contributed by atoms with Crippen LogP contribution in [0, 0.1) is 0 Å². The van der Waals surface area contributed by atoms with Gasteiger partial charge in [0, 0.05) is 6.54 Å². The van der Waals surface area contributed by atoms with Crippen LogP contribution in [0.1, 0.15) is 11.7 Å². The Hall–Kier alpha value is -0.630. The van der Waals surface area contributed by atoms with E-state index in [1.54, 1.807) is 11.8 Å². The first-order valence-electron chi connectivity index (χ1n) is 5.96. The van der Waals surface area contributed by atoms with E-state index < -0.39 is 0 Å². The topological polar surface area (TPSA) is 60.6 Å². The number of aromatic nitrogens is 2. The van der Waals surface area contributed by atoms with E-state index in [0.29, 0.717) is 32.3 Å². The van der Waals surface area contributed by atoms with Gasteiger partial charge in [-0.3, -0.25) is 4.90 Å². The summed E-state index contributed by atoms with van der Waals surface area (Å²) in [5.74, 6) is 2.19. The quantitative estimate of drug-likeness (QED) is 0.759. The fourth-order valence-corrected chi connectivity index (χ4v) is 2.20. The predicted molar refractivity (Wildman–Crippen MR) is 68.4 cm³/mol. The summed E-state index contributed by atoms with van der Waals surface area (Å²) in [5.41, 5.74) is 0. The molecule has 0 radical (unpaired) electrons. The van der Waals surface area contributed by atoms with E-state index in [4.69, 9.17) is 14.0 Å². The molecule has 0 bridgehead atoms. The number of hydrogen-bond donors (Lipinski definition) is 0. The zero-order chi connectivity index (χ0) is 12.8. The maximum atomic E-state index is 5.59. The first-order valence-corrected chi connectivity index (χ1v) is 7.35. The SMILES string of the molecule is CSCc1noc(CN(C)C[C@H]2COCCO2)n1. The summed E-state index contributed by atoms with van der Waals surface area (Å²) in [5, 5.41) is 3.92. The summed E-state index contributed by atoms with van der Waals surface area (Å²) in [6.45, 7) is 3.48. The summed E-state index contributed by atoms with van der Waals surface area (Å²) >= 11 is 1.68. The van der Waals surface area contributed by atoms with E-state index in [0.717, 1.165) is 18.1 Å². The minimum absolute atomic E-state index is 0.136. The van der Waals surface area contributed by atoms with Crippen LogP contribution in [0.3, 0.4) is 0 Å². The molecule has 1 atom stereocenters. The van der Waals surface area contributed by atoms with Gasteiger partial charge in [0.1, 0.15) is 0 Å². The smallest absolute Gasteiger partial charge is 0.240 e. The van der Waals surface area contributed by atoms with E-state index in [-0.39, 0.29) is 6.10 Å². The van der Waals surface area contributed by atoms with Gasteiger partial charge >= 0.3 is 0 Å². The van der Waals surface area contributed by atoms with Crippen LogP contribution in [-0.2, 0) is 21.8 Å². The third-order valence-corrected chi connectivity index (χ3v) is 3.14. The third kappa shape index (κ3) is 4.24. The Morgan fingerprint density at radius 3 is 3.06 bits per heavy atom. The normalized spacial score (nSPS) is 20.5. The van der Waals surface area contributed by atoms with Crippen molar-refractivity contribution in [3.63, 3.8) is 0 Å². The lowest BCUT2D eigenvalue weighted by molar-refractivity contribution is -0.0967. The average molecular weight is 273 g/mol. The maximum Gasteiger partial charge on any atom is 0.240 e. The molecule has 0 aromatic carbocycles. The lowest BCUT2D eigenvalue weighted by atomic mass is 10.3. The Morgan fingerprint density at radius 2 is 2.33 bits per heavy atom. The summed E-state index contributed by atoms with van der Waals surface area (Å²) in [4.78, 5) is 6.43. The van der Waals surface area contributed by atoms with Crippen molar-refractivity contribution < 1.29 is 14.0 Å². The molecule has 1 aliphatic rings. The molecule has 2 rings (SSSR count). The minimum Gasteiger partial charge on any atom is -0.376 e. The summed E-state index contributed by atoms with van der Waals surface area (Å²) in [6, 6.07) is 0. The molecule has 0 unspecified atom stereocenters. The van der Waals surface area contributed by atoms with Gasteiger partial charge in [-0.25, -0.2) is 0 Å². The molecule has 2 heterocycles. The van der Waals surface area contributed by atoms with Crippen LogP contribution in [0.15, 0.2) is 4.52 Å². The lowest BCUT2D eigenvalue weighted by Crippen LogP contribution is -2.38. The monoisotopic (exact) mass is 273 g/mol. The van der Waals surface area contributed by atoms with Crippen LogP contribution in [0.2, 0.25) is 0 Å². The molecule has 1 aromatic heterocycles. The number of likely N-dealkylation sites (N-methyl/N-ethyl adjacent to an activating group) is 1. The number of nitrogens with zero attached hydrogens (tertiary/aromatic N) is 3. The van der Waals surface area contributed by atoms with Gasteiger partial charge in [-0.1, -0.05) is 5.16 Å². The lowest BCUT2D eigenvalue weighted by Gasteiger charge is -2.26. The molecule has 6 nitrogen and oxygen atoms in total. The van der Waals surface area contributed by atoms with E-state index >= 15 is 0 Å². The predicted octanol–water partition coefficient (Wildman–Crippen LogP) is 0.780. The number of ether oxygens (including phenoxy) is 2.